The first kappa shape index (κ1) is 17.2. The van der Waals surface area contributed by atoms with Crippen LogP contribution in [0.25, 0.3) is 0 Å². The van der Waals surface area contributed by atoms with Crippen LogP contribution in [-0.4, -0.2) is 31.6 Å². The molecule has 0 aliphatic carbocycles. The second kappa shape index (κ2) is 7.09. The summed E-state index contributed by atoms with van der Waals surface area (Å²) < 4.78 is 37.3. The van der Waals surface area contributed by atoms with E-state index in [1.54, 1.807) is 31.3 Å². The van der Waals surface area contributed by atoms with Crippen molar-refractivity contribution < 1.29 is 23.0 Å². The second-order valence-corrected chi connectivity index (χ2v) is 5.89. The number of likely N-dealkylation sites (tertiary alicyclic amines) is 1. The largest absolute Gasteiger partial charge is 0.497 e. The highest BCUT2D eigenvalue weighted by atomic mass is 19.2. The molecule has 132 valence electrons. The molecule has 1 saturated heterocycles. The van der Waals surface area contributed by atoms with Gasteiger partial charge in [0.25, 0.3) is 5.91 Å². The van der Waals surface area contributed by atoms with Crippen LogP contribution < -0.4 is 9.47 Å². The molecule has 0 bridgehead atoms. The molecule has 2 aromatic rings. The average molecular weight is 347 g/mol. The maximum absolute atomic E-state index is 13.5. The van der Waals surface area contributed by atoms with Crippen LogP contribution in [-0.2, 0) is 0 Å². The second-order valence-electron chi connectivity index (χ2n) is 5.89. The van der Waals surface area contributed by atoms with E-state index in [1.807, 2.05) is 6.07 Å². The van der Waals surface area contributed by atoms with E-state index in [1.165, 1.54) is 6.07 Å². The van der Waals surface area contributed by atoms with Crippen molar-refractivity contribution in [1.82, 2.24) is 4.90 Å². The smallest absolute Gasteiger partial charge is 0.254 e. The van der Waals surface area contributed by atoms with Crippen molar-refractivity contribution in [3.8, 4) is 11.5 Å². The molecule has 3 rings (SSSR count). The third kappa shape index (κ3) is 3.29. The average Bonchev–Trinajstić information content (AvgIpc) is 3.12. The van der Waals surface area contributed by atoms with Crippen LogP contribution in [0.2, 0.25) is 0 Å². The summed E-state index contributed by atoms with van der Waals surface area (Å²) in [7, 11) is 3.15. The van der Waals surface area contributed by atoms with Crippen molar-refractivity contribution in [3.05, 3.63) is 59.2 Å². The number of amides is 1. The molecule has 0 unspecified atom stereocenters. The van der Waals surface area contributed by atoms with Gasteiger partial charge in [0.15, 0.2) is 11.6 Å². The number of benzene rings is 2. The van der Waals surface area contributed by atoms with E-state index in [0.29, 0.717) is 18.0 Å². The summed E-state index contributed by atoms with van der Waals surface area (Å²) in [4.78, 5) is 14.5. The lowest BCUT2D eigenvalue weighted by molar-refractivity contribution is 0.0733. The first-order valence-electron chi connectivity index (χ1n) is 8.03. The molecule has 1 heterocycles. The maximum atomic E-state index is 13.5. The fraction of sp³-hybridized carbons (Fsp3) is 0.316. The molecule has 0 aromatic heterocycles. The molecule has 0 saturated carbocycles. The molecule has 1 amide bonds. The first-order chi connectivity index (χ1) is 12.0. The normalized spacial score (nSPS) is 16.8. The van der Waals surface area contributed by atoms with Gasteiger partial charge in [-0.2, -0.15) is 0 Å². The highest BCUT2D eigenvalue weighted by Crippen LogP contribution is 2.39. The number of carbonyl (C=O) groups excluding carboxylic acids is 1. The zero-order chi connectivity index (χ0) is 18.0. The number of carbonyl (C=O) groups is 1. The number of rotatable bonds is 4. The van der Waals surface area contributed by atoms with Gasteiger partial charge < -0.3 is 14.4 Å². The van der Waals surface area contributed by atoms with E-state index in [2.05, 4.69) is 0 Å². The van der Waals surface area contributed by atoms with Crippen LogP contribution in [0.5, 0.6) is 11.5 Å². The molecule has 4 nitrogen and oxygen atoms in total. The van der Waals surface area contributed by atoms with Crippen LogP contribution in [0, 0.1) is 11.6 Å². The van der Waals surface area contributed by atoms with Crippen LogP contribution in [0.15, 0.2) is 36.4 Å². The standard InChI is InChI=1S/C19H19F2NO3/c1-24-13-6-8-18(25-2)14(11-13)17-4-3-9-22(17)19(23)12-5-7-15(20)16(21)10-12/h5-8,10-11,17H,3-4,9H2,1-2H3/t17-/m1/s1. The fourth-order valence-electron chi connectivity index (χ4n) is 3.23. The van der Waals surface area contributed by atoms with Gasteiger partial charge in [0.05, 0.1) is 20.3 Å². The lowest BCUT2D eigenvalue weighted by Gasteiger charge is -2.27. The van der Waals surface area contributed by atoms with Crippen LogP contribution in [0.3, 0.4) is 0 Å². The van der Waals surface area contributed by atoms with Gasteiger partial charge in [0.1, 0.15) is 11.5 Å². The molecular formula is C19H19F2NO3. The van der Waals surface area contributed by atoms with Crippen molar-refractivity contribution in [2.75, 3.05) is 20.8 Å². The van der Waals surface area contributed by atoms with E-state index in [4.69, 9.17) is 9.47 Å². The summed E-state index contributed by atoms with van der Waals surface area (Å²) in [5, 5.41) is 0. The van der Waals surface area contributed by atoms with Crippen molar-refractivity contribution in [2.24, 2.45) is 0 Å². The Morgan fingerprint density at radius 2 is 1.88 bits per heavy atom. The minimum Gasteiger partial charge on any atom is -0.497 e. The van der Waals surface area contributed by atoms with Crippen molar-refractivity contribution in [3.63, 3.8) is 0 Å². The summed E-state index contributed by atoms with van der Waals surface area (Å²) in [5.74, 6) is -0.991. The van der Waals surface area contributed by atoms with Gasteiger partial charge in [0, 0.05) is 17.7 Å². The molecule has 0 N–H and O–H groups in total. The Morgan fingerprint density at radius 1 is 1.08 bits per heavy atom. The Labute approximate surface area is 145 Å². The van der Waals surface area contributed by atoms with E-state index >= 15 is 0 Å². The zero-order valence-electron chi connectivity index (χ0n) is 14.1. The third-order valence-corrected chi connectivity index (χ3v) is 4.48. The highest BCUT2D eigenvalue weighted by Gasteiger charge is 2.33. The Morgan fingerprint density at radius 3 is 2.56 bits per heavy atom. The fourth-order valence-corrected chi connectivity index (χ4v) is 3.23. The molecule has 1 atom stereocenters. The zero-order valence-corrected chi connectivity index (χ0v) is 14.1. The summed E-state index contributed by atoms with van der Waals surface area (Å²) in [5.41, 5.74) is 0.975. The lowest BCUT2D eigenvalue weighted by Crippen LogP contribution is -2.30. The quantitative estimate of drug-likeness (QED) is 0.840. The van der Waals surface area contributed by atoms with Gasteiger partial charge >= 0.3 is 0 Å². The van der Waals surface area contributed by atoms with Gasteiger partial charge in [0.2, 0.25) is 0 Å². The summed E-state index contributed by atoms with van der Waals surface area (Å²) >= 11 is 0. The molecule has 1 aliphatic heterocycles. The Balaban J connectivity index is 1.95. The Hall–Kier alpha value is -2.63. The third-order valence-electron chi connectivity index (χ3n) is 4.48. The van der Waals surface area contributed by atoms with E-state index in [9.17, 15) is 13.6 Å². The summed E-state index contributed by atoms with van der Waals surface area (Å²) in [6, 6.07) is 8.45. The summed E-state index contributed by atoms with van der Waals surface area (Å²) in [6.45, 7) is 0.545. The van der Waals surface area contributed by atoms with Crippen LogP contribution in [0.1, 0.15) is 34.8 Å². The number of halogens is 2. The molecule has 1 fully saturated rings. The van der Waals surface area contributed by atoms with Crippen molar-refractivity contribution >= 4 is 5.91 Å². The Kier molecular flexibility index (Phi) is 4.88. The predicted octanol–water partition coefficient (Wildman–Crippen LogP) is 3.96. The van der Waals surface area contributed by atoms with Crippen molar-refractivity contribution in [2.45, 2.75) is 18.9 Å². The van der Waals surface area contributed by atoms with Gasteiger partial charge in [-0.3, -0.25) is 4.79 Å². The van der Waals surface area contributed by atoms with Gasteiger partial charge in [-0.1, -0.05) is 0 Å². The van der Waals surface area contributed by atoms with E-state index in [-0.39, 0.29) is 17.5 Å². The number of methoxy groups -OCH3 is 2. The molecular weight excluding hydrogens is 328 g/mol. The Bertz CT molecular complexity index is 794. The molecule has 6 heteroatoms. The topological polar surface area (TPSA) is 38.8 Å². The van der Waals surface area contributed by atoms with Gasteiger partial charge in [-0.25, -0.2) is 8.78 Å². The summed E-state index contributed by atoms with van der Waals surface area (Å²) in [6.07, 6.45) is 1.58. The van der Waals surface area contributed by atoms with Crippen LogP contribution >= 0.6 is 0 Å². The molecule has 0 spiro atoms. The number of hydrogen-bond acceptors (Lipinski definition) is 3. The van der Waals surface area contributed by atoms with E-state index in [0.717, 1.165) is 30.5 Å². The first-order valence-corrected chi connectivity index (χ1v) is 8.03. The minimum absolute atomic E-state index is 0.132. The number of hydrogen-bond donors (Lipinski definition) is 0. The van der Waals surface area contributed by atoms with Gasteiger partial charge in [-0.05, 0) is 49.2 Å². The maximum Gasteiger partial charge on any atom is 0.254 e. The van der Waals surface area contributed by atoms with Crippen molar-refractivity contribution in [1.29, 1.82) is 0 Å². The number of ether oxygens (including phenoxy) is 2. The molecule has 2 aromatic carbocycles. The molecule has 0 radical (unpaired) electrons. The molecule has 25 heavy (non-hydrogen) atoms. The number of nitrogens with zero attached hydrogens (tertiary/aromatic N) is 1. The SMILES string of the molecule is COc1ccc(OC)c([C@H]2CCCN2C(=O)c2ccc(F)c(F)c2)c1. The predicted molar refractivity (Wildman–Crippen MR) is 88.9 cm³/mol. The minimum atomic E-state index is -1.03. The molecule has 1 aliphatic rings. The van der Waals surface area contributed by atoms with Crippen LogP contribution in [0.4, 0.5) is 8.78 Å². The highest BCUT2D eigenvalue weighted by molar-refractivity contribution is 5.94. The van der Waals surface area contributed by atoms with E-state index < -0.39 is 11.6 Å². The monoisotopic (exact) mass is 347 g/mol. The van der Waals surface area contributed by atoms with Gasteiger partial charge in [-0.15, -0.1) is 0 Å². The lowest BCUT2D eigenvalue weighted by atomic mass is 10.0.